The molecule has 0 bridgehead atoms. The van der Waals surface area contributed by atoms with E-state index in [-0.39, 0.29) is 75.8 Å². The number of hydrogen-bond donors (Lipinski definition) is 2. The Balaban J connectivity index is 0. The molecule has 124 valence electrons. The van der Waals surface area contributed by atoms with Crippen LogP contribution in [0.25, 0.3) is 0 Å². The van der Waals surface area contributed by atoms with Crippen molar-refractivity contribution < 1.29 is 72.2 Å². The van der Waals surface area contributed by atoms with Crippen molar-refractivity contribution >= 4 is 11.8 Å². The molecule has 6 heteroatoms. The minimum absolute atomic E-state index is 0. The Morgan fingerprint density at radius 1 is 1.17 bits per heavy atom. The van der Waals surface area contributed by atoms with E-state index in [2.05, 4.69) is 12.2 Å². The summed E-state index contributed by atoms with van der Waals surface area (Å²) in [6, 6.07) is 4.22. The third kappa shape index (κ3) is 8.86. The summed E-state index contributed by atoms with van der Waals surface area (Å²) < 4.78 is 4.94. The fraction of sp³-hybridized carbons (Fsp3) is 0.529. The summed E-state index contributed by atoms with van der Waals surface area (Å²) in [5.74, 6) is -0.588. The minimum atomic E-state index is -0.478. The van der Waals surface area contributed by atoms with Gasteiger partial charge in [-0.25, -0.2) is 0 Å². The van der Waals surface area contributed by atoms with Crippen molar-refractivity contribution in [1.82, 2.24) is 5.32 Å². The molecule has 0 aliphatic rings. The second-order valence-electron chi connectivity index (χ2n) is 5.28. The van der Waals surface area contributed by atoms with Crippen LogP contribution in [0.1, 0.15) is 63.7 Å². The summed E-state index contributed by atoms with van der Waals surface area (Å²) in [4.78, 5) is 23.7. The van der Waals surface area contributed by atoms with Crippen LogP contribution >= 0.6 is 0 Å². The van der Waals surface area contributed by atoms with Gasteiger partial charge >= 0.3 is 51.4 Å². The third-order valence-electron chi connectivity index (χ3n) is 3.45. The molecule has 0 atom stereocenters. The first-order chi connectivity index (χ1) is 10.6. The molecule has 2 N–H and O–H groups in total. The SMILES string of the molecule is CCCCCCCCC(=O)NC(=O)c1ccc(O)c(OC)c1.[H-].[K+]. The molecule has 0 aliphatic heterocycles. The van der Waals surface area contributed by atoms with E-state index in [1.807, 2.05) is 0 Å². The number of phenols is 1. The molecule has 0 fully saturated rings. The normalized spacial score (nSPS) is 9.83. The molecule has 1 rings (SSSR count). The molecule has 2 amide bonds. The van der Waals surface area contributed by atoms with E-state index in [0.717, 1.165) is 19.3 Å². The molecule has 0 unspecified atom stereocenters. The molecule has 1 aromatic rings. The van der Waals surface area contributed by atoms with Gasteiger partial charge in [0.15, 0.2) is 11.5 Å². The summed E-state index contributed by atoms with van der Waals surface area (Å²) in [6.07, 6.45) is 6.91. The number of phenolic OH excluding ortho intramolecular Hbond substituents is 1. The molecule has 0 radical (unpaired) electrons. The summed E-state index contributed by atoms with van der Waals surface area (Å²) in [5.41, 5.74) is 0.283. The average Bonchev–Trinajstić information content (AvgIpc) is 2.51. The van der Waals surface area contributed by atoms with E-state index < -0.39 is 5.91 Å². The molecular formula is C17H26KNO4. The minimum Gasteiger partial charge on any atom is -1.00 e. The third-order valence-corrected chi connectivity index (χ3v) is 3.45. The largest absolute Gasteiger partial charge is 1.00 e. The van der Waals surface area contributed by atoms with Gasteiger partial charge in [0.2, 0.25) is 5.91 Å². The maximum absolute atomic E-state index is 11.9. The maximum atomic E-state index is 11.9. The molecule has 0 aliphatic carbocycles. The first-order valence-electron chi connectivity index (χ1n) is 7.79. The van der Waals surface area contributed by atoms with Crippen LogP contribution in [0.5, 0.6) is 11.5 Å². The van der Waals surface area contributed by atoms with E-state index in [1.165, 1.54) is 44.6 Å². The van der Waals surface area contributed by atoms with Gasteiger partial charge in [0, 0.05) is 12.0 Å². The Labute approximate surface area is 182 Å². The monoisotopic (exact) mass is 347 g/mol. The standard InChI is InChI=1S/C17H25NO4.K.H/c1-3-4-5-6-7-8-9-16(20)18-17(21)13-10-11-14(19)15(12-13)22-2;;/h10-12,19H,3-9H2,1-2H3,(H,18,20,21);;/q;+1;-1. The number of aromatic hydroxyl groups is 1. The van der Waals surface area contributed by atoms with Crippen LogP contribution < -0.4 is 61.4 Å². The number of imide groups is 1. The van der Waals surface area contributed by atoms with Gasteiger partial charge in [-0.2, -0.15) is 0 Å². The van der Waals surface area contributed by atoms with Crippen molar-refractivity contribution in [2.24, 2.45) is 0 Å². The number of ether oxygens (including phenoxy) is 1. The van der Waals surface area contributed by atoms with Crippen LogP contribution in [0.4, 0.5) is 0 Å². The molecule has 0 aromatic heterocycles. The number of unbranched alkanes of at least 4 members (excludes halogenated alkanes) is 5. The molecule has 5 nitrogen and oxygen atoms in total. The van der Waals surface area contributed by atoms with Crippen molar-refractivity contribution in [1.29, 1.82) is 0 Å². The van der Waals surface area contributed by atoms with Crippen molar-refractivity contribution in [3.63, 3.8) is 0 Å². The van der Waals surface area contributed by atoms with Crippen LogP contribution in [0, 0.1) is 0 Å². The van der Waals surface area contributed by atoms with E-state index >= 15 is 0 Å². The first-order valence-corrected chi connectivity index (χ1v) is 7.79. The fourth-order valence-electron chi connectivity index (χ4n) is 2.15. The zero-order valence-corrected chi connectivity index (χ0v) is 17.5. The van der Waals surface area contributed by atoms with E-state index in [0.29, 0.717) is 6.42 Å². The van der Waals surface area contributed by atoms with Gasteiger partial charge in [0.05, 0.1) is 7.11 Å². The molecule has 0 saturated carbocycles. The molecule has 1 aromatic carbocycles. The van der Waals surface area contributed by atoms with E-state index in [9.17, 15) is 14.7 Å². The van der Waals surface area contributed by atoms with Gasteiger partial charge in [0.25, 0.3) is 5.91 Å². The summed E-state index contributed by atoms with van der Waals surface area (Å²) in [6.45, 7) is 2.16. The van der Waals surface area contributed by atoms with Crippen LogP contribution in [0.3, 0.4) is 0 Å². The maximum Gasteiger partial charge on any atom is 1.00 e. The number of hydrogen-bond acceptors (Lipinski definition) is 4. The predicted molar refractivity (Wildman–Crippen MR) is 86.2 cm³/mol. The number of amides is 2. The van der Waals surface area contributed by atoms with Gasteiger partial charge in [-0.15, -0.1) is 0 Å². The Morgan fingerprint density at radius 3 is 2.48 bits per heavy atom. The number of benzene rings is 1. The van der Waals surface area contributed by atoms with E-state index in [1.54, 1.807) is 0 Å². The molecular weight excluding hydrogens is 321 g/mol. The van der Waals surface area contributed by atoms with Crippen LogP contribution in [-0.2, 0) is 4.79 Å². The molecule has 23 heavy (non-hydrogen) atoms. The predicted octanol–water partition coefficient (Wildman–Crippen LogP) is 0.524. The van der Waals surface area contributed by atoms with Crippen molar-refractivity contribution in [3.8, 4) is 11.5 Å². The van der Waals surface area contributed by atoms with Crippen molar-refractivity contribution in [2.75, 3.05) is 7.11 Å². The molecule has 0 spiro atoms. The number of nitrogens with one attached hydrogen (secondary N) is 1. The second kappa shape index (κ2) is 13.0. The second-order valence-corrected chi connectivity index (χ2v) is 5.28. The fourth-order valence-corrected chi connectivity index (χ4v) is 2.15. The van der Waals surface area contributed by atoms with E-state index in [4.69, 9.17) is 4.74 Å². The van der Waals surface area contributed by atoms with Crippen molar-refractivity contribution in [2.45, 2.75) is 51.9 Å². The number of carbonyl (C=O) groups excluding carboxylic acids is 2. The Bertz CT molecular complexity index is 511. The summed E-state index contributed by atoms with van der Waals surface area (Å²) in [5, 5.41) is 11.8. The smallest absolute Gasteiger partial charge is 1.00 e. The average molecular weight is 347 g/mol. The molecule has 0 heterocycles. The van der Waals surface area contributed by atoms with Gasteiger partial charge in [-0.1, -0.05) is 39.0 Å². The van der Waals surface area contributed by atoms with Gasteiger partial charge in [-0.3, -0.25) is 14.9 Å². The zero-order chi connectivity index (χ0) is 16.4. The first kappa shape index (κ1) is 22.6. The number of rotatable bonds is 9. The molecule has 0 saturated heterocycles. The van der Waals surface area contributed by atoms with Crippen LogP contribution in [0.2, 0.25) is 0 Å². The Kier molecular flexibility index (Phi) is 12.7. The van der Waals surface area contributed by atoms with Gasteiger partial charge in [-0.05, 0) is 24.6 Å². The Morgan fingerprint density at radius 2 is 1.83 bits per heavy atom. The topological polar surface area (TPSA) is 75.6 Å². The van der Waals surface area contributed by atoms with Crippen LogP contribution in [-0.4, -0.2) is 24.0 Å². The quantitative estimate of drug-likeness (QED) is 0.505. The number of carbonyl (C=O) groups is 2. The van der Waals surface area contributed by atoms with Gasteiger partial charge < -0.3 is 11.3 Å². The van der Waals surface area contributed by atoms with Crippen LogP contribution in [0.15, 0.2) is 18.2 Å². The van der Waals surface area contributed by atoms with Crippen molar-refractivity contribution in [3.05, 3.63) is 23.8 Å². The van der Waals surface area contributed by atoms with Gasteiger partial charge in [0.1, 0.15) is 0 Å². The zero-order valence-electron chi connectivity index (χ0n) is 15.4. The summed E-state index contributed by atoms with van der Waals surface area (Å²) in [7, 11) is 1.40. The Hall–Kier alpha value is -0.404. The summed E-state index contributed by atoms with van der Waals surface area (Å²) >= 11 is 0. The number of methoxy groups -OCH3 is 1.